The summed E-state index contributed by atoms with van der Waals surface area (Å²) in [7, 11) is 4.17. The molecule has 3 nitrogen and oxygen atoms in total. The van der Waals surface area contributed by atoms with Crippen molar-refractivity contribution < 1.29 is 4.79 Å². The fraction of sp³-hybridized carbons (Fsp3) is 0.500. The number of likely N-dealkylation sites (tertiary alicyclic amines) is 1. The van der Waals surface area contributed by atoms with Gasteiger partial charge in [-0.05, 0) is 38.6 Å². The molecule has 0 saturated carbocycles. The molecular formula is C14H19BrN2OS. The predicted molar refractivity (Wildman–Crippen MR) is 84.8 cm³/mol. The summed E-state index contributed by atoms with van der Waals surface area (Å²) < 4.78 is 0.947. The summed E-state index contributed by atoms with van der Waals surface area (Å²) in [4.78, 5) is 16.7. The van der Waals surface area contributed by atoms with Crippen molar-refractivity contribution in [3.8, 4) is 0 Å². The van der Waals surface area contributed by atoms with Crippen LogP contribution in [0.5, 0.6) is 0 Å². The standard InChI is InChI=1S/C14H19BrN2OS/c1-16(2)12-8-17(9-13(12)19-3)14(18)10-5-4-6-11(15)7-10/h4-7,12-13H,8-9H2,1-3H3/t12-,13+/m0/s1. The van der Waals surface area contributed by atoms with E-state index in [1.165, 1.54) is 0 Å². The van der Waals surface area contributed by atoms with Gasteiger partial charge in [0.05, 0.1) is 0 Å². The van der Waals surface area contributed by atoms with E-state index in [9.17, 15) is 4.79 Å². The second-order valence-electron chi connectivity index (χ2n) is 5.03. The molecule has 1 aliphatic rings. The van der Waals surface area contributed by atoms with E-state index in [1.54, 1.807) is 0 Å². The zero-order chi connectivity index (χ0) is 14.0. The molecule has 0 N–H and O–H groups in total. The van der Waals surface area contributed by atoms with Crippen LogP contribution in [0.15, 0.2) is 28.7 Å². The van der Waals surface area contributed by atoms with Gasteiger partial charge in [-0.2, -0.15) is 11.8 Å². The zero-order valence-corrected chi connectivity index (χ0v) is 13.9. The Morgan fingerprint density at radius 3 is 2.68 bits per heavy atom. The molecule has 0 bridgehead atoms. The molecule has 2 rings (SSSR count). The summed E-state index contributed by atoms with van der Waals surface area (Å²) in [6.07, 6.45) is 2.12. The Labute approximate surface area is 127 Å². The number of rotatable bonds is 3. The molecule has 1 aromatic carbocycles. The molecule has 1 heterocycles. The lowest BCUT2D eigenvalue weighted by Crippen LogP contribution is -2.37. The van der Waals surface area contributed by atoms with Crippen molar-refractivity contribution in [1.29, 1.82) is 0 Å². The van der Waals surface area contributed by atoms with E-state index < -0.39 is 0 Å². The van der Waals surface area contributed by atoms with Gasteiger partial charge in [0.25, 0.3) is 5.91 Å². The van der Waals surface area contributed by atoms with Crippen molar-refractivity contribution in [1.82, 2.24) is 9.80 Å². The number of nitrogens with zero attached hydrogens (tertiary/aromatic N) is 2. The van der Waals surface area contributed by atoms with Crippen molar-refractivity contribution >= 4 is 33.6 Å². The fourth-order valence-electron chi connectivity index (χ4n) is 2.45. The van der Waals surface area contributed by atoms with Gasteiger partial charge in [-0.3, -0.25) is 4.79 Å². The number of likely N-dealkylation sites (N-methyl/N-ethyl adjacent to an activating group) is 1. The van der Waals surface area contributed by atoms with E-state index in [1.807, 2.05) is 40.9 Å². The monoisotopic (exact) mass is 342 g/mol. The molecule has 104 valence electrons. The van der Waals surface area contributed by atoms with Crippen molar-refractivity contribution in [2.75, 3.05) is 33.4 Å². The summed E-state index contributed by atoms with van der Waals surface area (Å²) in [6, 6.07) is 8.05. The average Bonchev–Trinajstić information content (AvgIpc) is 2.82. The summed E-state index contributed by atoms with van der Waals surface area (Å²) in [5.41, 5.74) is 0.758. The molecular weight excluding hydrogens is 324 g/mol. The molecule has 0 spiro atoms. The minimum absolute atomic E-state index is 0.129. The van der Waals surface area contributed by atoms with Gasteiger partial charge in [0.2, 0.25) is 0 Å². The SMILES string of the molecule is CS[C@@H]1CN(C(=O)c2cccc(Br)c2)C[C@@H]1N(C)C. The normalized spacial score (nSPS) is 23.1. The van der Waals surface area contributed by atoms with Crippen LogP contribution < -0.4 is 0 Å². The molecule has 0 aromatic heterocycles. The number of carbonyl (C=O) groups is 1. The van der Waals surface area contributed by atoms with Gasteiger partial charge in [-0.15, -0.1) is 0 Å². The first-order chi connectivity index (χ1) is 9.02. The Balaban J connectivity index is 2.13. The maximum atomic E-state index is 12.5. The van der Waals surface area contributed by atoms with Gasteiger partial charge in [0.15, 0.2) is 0 Å². The van der Waals surface area contributed by atoms with Crippen molar-refractivity contribution in [2.45, 2.75) is 11.3 Å². The van der Waals surface area contributed by atoms with Gasteiger partial charge in [-0.1, -0.05) is 22.0 Å². The van der Waals surface area contributed by atoms with Crippen LogP contribution >= 0.6 is 27.7 Å². The van der Waals surface area contributed by atoms with Crippen LogP contribution in [0.4, 0.5) is 0 Å². The van der Waals surface area contributed by atoms with Gasteiger partial charge in [0.1, 0.15) is 0 Å². The second-order valence-corrected chi connectivity index (χ2v) is 7.02. The number of hydrogen-bond donors (Lipinski definition) is 0. The van der Waals surface area contributed by atoms with Crippen LogP contribution in [0.25, 0.3) is 0 Å². The minimum atomic E-state index is 0.129. The largest absolute Gasteiger partial charge is 0.336 e. The summed E-state index contributed by atoms with van der Waals surface area (Å²) in [6.45, 7) is 1.64. The van der Waals surface area contributed by atoms with E-state index in [4.69, 9.17) is 0 Å². The molecule has 0 aliphatic carbocycles. The summed E-state index contributed by atoms with van der Waals surface area (Å²) >= 11 is 5.26. The molecule has 19 heavy (non-hydrogen) atoms. The van der Waals surface area contributed by atoms with Crippen LogP contribution in [0.1, 0.15) is 10.4 Å². The highest BCUT2D eigenvalue weighted by molar-refractivity contribution is 9.10. The third kappa shape index (κ3) is 3.33. The Hall–Kier alpha value is -0.520. The lowest BCUT2D eigenvalue weighted by Gasteiger charge is -2.23. The number of amides is 1. The van der Waals surface area contributed by atoms with Crippen LogP contribution in [0.3, 0.4) is 0 Å². The van der Waals surface area contributed by atoms with Gasteiger partial charge in [-0.25, -0.2) is 0 Å². The second kappa shape index (κ2) is 6.29. The van der Waals surface area contributed by atoms with E-state index in [0.29, 0.717) is 11.3 Å². The molecule has 2 atom stereocenters. The first-order valence-electron chi connectivity index (χ1n) is 6.27. The maximum Gasteiger partial charge on any atom is 0.253 e. The van der Waals surface area contributed by atoms with Crippen LogP contribution in [0, 0.1) is 0 Å². The van der Waals surface area contributed by atoms with Crippen molar-refractivity contribution in [2.24, 2.45) is 0 Å². The molecule has 5 heteroatoms. The van der Waals surface area contributed by atoms with E-state index >= 15 is 0 Å². The van der Waals surface area contributed by atoms with Crippen LogP contribution in [-0.2, 0) is 0 Å². The molecule has 1 fully saturated rings. The molecule has 1 saturated heterocycles. The summed E-state index contributed by atoms with van der Waals surface area (Å²) in [5.74, 6) is 0.129. The lowest BCUT2D eigenvalue weighted by molar-refractivity contribution is 0.0783. The number of thioether (sulfide) groups is 1. The zero-order valence-electron chi connectivity index (χ0n) is 11.5. The number of benzene rings is 1. The Bertz CT molecular complexity index is 467. The van der Waals surface area contributed by atoms with Crippen LogP contribution in [0.2, 0.25) is 0 Å². The molecule has 0 unspecified atom stereocenters. The highest BCUT2D eigenvalue weighted by atomic mass is 79.9. The van der Waals surface area contributed by atoms with Crippen LogP contribution in [-0.4, -0.2) is 60.4 Å². The third-order valence-electron chi connectivity index (χ3n) is 3.56. The van der Waals surface area contributed by atoms with E-state index in [2.05, 4.69) is 41.2 Å². The number of hydrogen-bond acceptors (Lipinski definition) is 3. The fourth-order valence-corrected chi connectivity index (χ4v) is 3.83. The minimum Gasteiger partial charge on any atom is -0.336 e. The lowest BCUT2D eigenvalue weighted by atomic mass is 10.2. The topological polar surface area (TPSA) is 23.6 Å². The molecule has 1 aromatic rings. The first-order valence-corrected chi connectivity index (χ1v) is 8.35. The van der Waals surface area contributed by atoms with Gasteiger partial charge in [0, 0.05) is 34.4 Å². The highest BCUT2D eigenvalue weighted by Crippen LogP contribution is 2.25. The Kier molecular flexibility index (Phi) is 4.92. The smallest absolute Gasteiger partial charge is 0.253 e. The Morgan fingerprint density at radius 1 is 1.42 bits per heavy atom. The van der Waals surface area contributed by atoms with Crippen molar-refractivity contribution in [3.63, 3.8) is 0 Å². The van der Waals surface area contributed by atoms with Gasteiger partial charge >= 0.3 is 0 Å². The number of halogens is 1. The van der Waals surface area contributed by atoms with Gasteiger partial charge < -0.3 is 9.80 Å². The Morgan fingerprint density at radius 2 is 2.16 bits per heavy atom. The van der Waals surface area contributed by atoms with Crippen molar-refractivity contribution in [3.05, 3.63) is 34.3 Å². The van der Waals surface area contributed by atoms with E-state index in [0.717, 1.165) is 23.1 Å². The molecule has 0 radical (unpaired) electrons. The maximum absolute atomic E-state index is 12.5. The first kappa shape index (κ1) is 14.9. The quantitative estimate of drug-likeness (QED) is 0.843. The molecule has 1 aliphatic heterocycles. The highest BCUT2D eigenvalue weighted by Gasteiger charge is 2.36. The average molecular weight is 343 g/mol. The van der Waals surface area contributed by atoms with E-state index in [-0.39, 0.29) is 5.91 Å². The number of carbonyl (C=O) groups excluding carboxylic acids is 1. The summed E-state index contributed by atoms with van der Waals surface area (Å²) in [5, 5.41) is 0.492. The third-order valence-corrected chi connectivity index (χ3v) is 5.12. The molecule has 1 amide bonds. The predicted octanol–water partition coefficient (Wildman–Crippen LogP) is 2.57.